The maximum absolute atomic E-state index is 9.60. The van der Waals surface area contributed by atoms with Gasteiger partial charge in [0.1, 0.15) is 18.2 Å². The predicted octanol–water partition coefficient (Wildman–Crippen LogP) is 0.650. The summed E-state index contributed by atoms with van der Waals surface area (Å²) in [5.41, 5.74) is 2.56. The lowest BCUT2D eigenvalue weighted by Gasteiger charge is -2.30. The van der Waals surface area contributed by atoms with Gasteiger partial charge in [0.15, 0.2) is 5.82 Å². The topological polar surface area (TPSA) is 96.5 Å². The van der Waals surface area contributed by atoms with Crippen molar-refractivity contribution in [3.63, 3.8) is 0 Å². The van der Waals surface area contributed by atoms with E-state index in [-0.39, 0.29) is 12.6 Å². The summed E-state index contributed by atoms with van der Waals surface area (Å²) in [7, 11) is 1.61. The molecule has 0 radical (unpaired) electrons. The standard InChI is InChI=1S/C13H23N5O2/c1-20-9-12-15-11(17-14)7-13(16-12)18-6-4-2-3-5-10(18)8-19/h7,10,19H,2-6,8-9,14H2,1H3,(H,15,16,17). The summed E-state index contributed by atoms with van der Waals surface area (Å²) in [5.74, 6) is 7.40. The Labute approximate surface area is 119 Å². The van der Waals surface area contributed by atoms with Crippen LogP contribution in [0.15, 0.2) is 6.07 Å². The lowest BCUT2D eigenvalue weighted by Crippen LogP contribution is -2.38. The van der Waals surface area contributed by atoms with Gasteiger partial charge in [-0.25, -0.2) is 15.8 Å². The van der Waals surface area contributed by atoms with Gasteiger partial charge in [-0.3, -0.25) is 0 Å². The number of hydrogen-bond acceptors (Lipinski definition) is 7. The third kappa shape index (κ3) is 3.56. The van der Waals surface area contributed by atoms with E-state index in [2.05, 4.69) is 20.3 Å². The van der Waals surface area contributed by atoms with Crippen LogP contribution in [0.5, 0.6) is 0 Å². The summed E-state index contributed by atoms with van der Waals surface area (Å²) in [5, 5.41) is 9.60. The monoisotopic (exact) mass is 281 g/mol. The van der Waals surface area contributed by atoms with Gasteiger partial charge in [-0.2, -0.15) is 0 Å². The van der Waals surface area contributed by atoms with Crippen molar-refractivity contribution in [1.82, 2.24) is 9.97 Å². The van der Waals surface area contributed by atoms with Crippen molar-refractivity contribution in [1.29, 1.82) is 0 Å². The number of methoxy groups -OCH3 is 1. The van der Waals surface area contributed by atoms with E-state index in [0.717, 1.165) is 31.6 Å². The zero-order chi connectivity index (χ0) is 14.4. The van der Waals surface area contributed by atoms with Crippen molar-refractivity contribution >= 4 is 11.6 Å². The first-order valence-corrected chi connectivity index (χ1v) is 6.99. The van der Waals surface area contributed by atoms with Crippen molar-refractivity contribution < 1.29 is 9.84 Å². The summed E-state index contributed by atoms with van der Waals surface area (Å²) in [6.45, 7) is 1.35. The molecule has 0 bridgehead atoms. The second-order valence-corrected chi connectivity index (χ2v) is 4.98. The maximum atomic E-state index is 9.60. The number of nitrogen functional groups attached to an aromatic ring is 1. The molecule has 0 saturated carbocycles. The van der Waals surface area contributed by atoms with E-state index in [1.807, 2.05) is 6.07 Å². The average Bonchev–Trinajstić information content (AvgIpc) is 2.72. The Hall–Kier alpha value is -1.44. The molecule has 4 N–H and O–H groups in total. The molecule has 0 spiro atoms. The van der Waals surface area contributed by atoms with E-state index in [1.165, 1.54) is 6.42 Å². The van der Waals surface area contributed by atoms with Crippen LogP contribution in [0, 0.1) is 0 Å². The van der Waals surface area contributed by atoms with Gasteiger partial charge in [0, 0.05) is 19.7 Å². The van der Waals surface area contributed by atoms with Crippen LogP contribution in [-0.2, 0) is 11.3 Å². The van der Waals surface area contributed by atoms with Crippen molar-refractivity contribution in [2.24, 2.45) is 5.84 Å². The minimum absolute atomic E-state index is 0.105. The Morgan fingerprint density at radius 3 is 3.00 bits per heavy atom. The van der Waals surface area contributed by atoms with Gasteiger partial charge in [-0.15, -0.1) is 0 Å². The molecule has 0 aromatic carbocycles. The molecule has 1 saturated heterocycles. The number of anilines is 2. The predicted molar refractivity (Wildman–Crippen MR) is 77.2 cm³/mol. The fourth-order valence-electron chi connectivity index (χ4n) is 2.57. The summed E-state index contributed by atoms with van der Waals surface area (Å²) in [6, 6.07) is 1.92. The van der Waals surface area contributed by atoms with Crippen molar-refractivity contribution in [3.05, 3.63) is 11.9 Å². The third-order valence-electron chi connectivity index (χ3n) is 3.56. The van der Waals surface area contributed by atoms with Crippen molar-refractivity contribution in [2.75, 3.05) is 30.6 Å². The molecule has 0 aliphatic carbocycles. The number of aliphatic hydroxyl groups is 1. The van der Waals surface area contributed by atoms with Gasteiger partial charge in [-0.1, -0.05) is 12.8 Å². The Kier molecular flexibility index (Phi) is 5.51. The maximum Gasteiger partial charge on any atom is 0.158 e. The summed E-state index contributed by atoms with van der Waals surface area (Å²) in [4.78, 5) is 10.9. The number of aromatic nitrogens is 2. The summed E-state index contributed by atoms with van der Waals surface area (Å²) < 4.78 is 5.09. The van der Waals surface area contributed by atoms with Gasteiger partial charge in [0.25, 0.3) is 0 Å². The zero-order valence-corrected chi connectivity index (χ0v) is 11.9. The number of ether oxygens (including phenoxy) is 1. The number of hydrogen-bond donors (Lipinski definition) is 3. The van der Waals surface area contributed by atoms with E-state index in [4.69, 9.17) is 10.6 Å². The quantitative estimate of drug-likeness (QED) is 0.538. The number of aliphatic hydroxyl groups excluding tert-OH is 1. The van der Waals surface area contributed by atoms with Crippen LogP contribution in [0.25, 0.3) is 0 Å². The molecule has 1 atom stereocenters. The van der Waals surface area contributed by atoms with E-state index in [9.17, 15) is 5.11 Å². The molecule has 2 rings (SSSR count). The highest BCUT2D eigenvalue weighted by molar-refractivity contribution is 5.49. The number of hydrazine groups is 1. The molecule has 1 fully saturated rings. The molecule has 0 amide bonds. The first-order valence-electron chi connectivity index (χ1n) is 6.99. The molecular formula is C13H23N5O2. The Bertz CT molecular complexity index is 429. The molecule has 1 aliphatic rings. The molecule has 7 heteroatoms. The van der Waals surface area contributed by atoms with Crippen LogP contribution in [0.4, 0.5) is 11.6 Å². The fraction of sp³-hybridized carbons (Fsp3) is 0.692. The number of rotatable bonds is 5. The first-order chi connectivity index (χ1) is 9.78. The highest BCUT2D eigenvalue weighted by Crippen LogP contribution is 2.24. The minimum atomic E-state index is 0.105. The van der Waals surface area contributed by atoms with Gasteiger partial charge in [-0.05, 0) is 12.8 Å². The first kappa shape index (κ1) is 15.0. The highest BCUT2D eigenvalue weighted by Gasteiger charge is 2.22. The Balaban J connectivity index is 2.30. The zero-order valence-electron chi connectivity index (χ0n) is 11.9. The molecular weight excluding hydrogens is 258 g/mol. The van der Waals surface area contributed by atoms with Crippen LogP contribution >= 0.6 is 0 Å². The molecule has 1 aliphatic heterocycles. The van der Waals surface area contributed by atoms with E-state index < -0.39 is 0 Å². The molecule has 1 aromatic heterocycles. The second kappa shape index (κ2) is 7.37. The van der Waals surface area contributed by atoms with Crippen LogP contribution in [0.1, 0.15) is 31.5 Å². The Morgan fingerprint density at radius 1 is 1.45 bits per heavy atom. The van der Waals surface area contributed by atoms with Gasteiger partial charge >= 0.3 is 0 Å². The van der Waals surface area contributed by atoms with Gasteiger partial charge in [0.2, 0.25) is 0 Å². The van der Waals surface area contributed by atoms with Gasteiger partial charge in [0.05, 0.1) is 12.6 Å². The largest absolute Gasteiger partial charge is 0.394 e. The molecule has 2 heterocycles. The Morgan fingerprint density at radius 2 is 2.30 bits per heavy atom. The van der Waals surface area contributed by atoms with Crippen LogP contribution in [0.3, 0.4) is 0 Å². The number of nitrogens with two attached hydrogens (primary N) is 1. The molecule has 1 unspecified atom stereocenters. The molecule has 1 aromatic rings. The summed E-state index contributed by atoms with van der Waals surface area (Å²) in [6.07, 6.45) is 4.40. The highest BCUT2D eigenvalue weighted by atomic mass is 16.5. The second-order valence-electron chi connectivity index (χ2n) is 4.98. The van der Waals surface area contributed by atoms with Crippen LogP contribution in [0.2, 0.25) is 0 Å². The number of nitrogens with zero attached hydrogens (tertiary/aromatic N) is 3. The van der Waals surface area contributed by atoms with Crippen LogP contribution < -0.4 is 16.2 Å². The summed E-state index contributed by atoms with van der Waals surface area (Å²) >= 11 is 0. The van der Waals surface area contributed by atoms with E-state index >= 15 is 0 Å². The lowest BCUT2D eigenvalue weighted by atomic mass is 10.1. The number of nitrogens with one attached hydrogen (secondary N) is 1. The third-order valence-corrected chi connectivity index (χ3v) is 3.56. The van der Waals surface area contributed by atoms with Crippen LogP contribution in [-0.4, -0.2) is 41.4 Å². The molecule has 7 nitrogen and oxygen atoms in total. The van der Waals surface area contributed by atoms with E-state index in [1.54, 1.807) is 7.11 Å². The molecule has 20 heavy (non-hydrogen) atoms. The average molecular weight is 281 g/mol. The fourth-order valence-corrected chi connectivity index (χ4v) is 2.57. The normalized spacial score (nSPS) is 19.8. The van der Waals surface area contributed by atoms with Crippen molar-refractivity contribution in [3.8, 4) is 0 Å². The lowest BCUT2D eigenvalue weighted by molar-refractivity contribution is 0.178. The SMILES string of the molecule is COCc1nc(NN)cc(N2CCCCCC2CO)n1. The van der Waals surface area contributed by atoms with Crippen molar-refractivity contribution in [2.45, 2.75) is 38.3 Å². The minimum Gasteiger partial charge on any atom is -0.394 e. The smallest absolute Gasteiger partial charge is 0.158 e. The van der Waals surface area contributed by atoms with E-state index in [0.29, 0.717) is 18.2 Å². The molecule has 112 valence electrons. The van der Waals surface area contributed by atoms with Gasteiger partial charge < -0.3 is 20.2 Å².